The maximum Gasteiger partial charge on any atom is 0.132 e. The van der Waals surface area contributed by atoms with Gasteiger partial charge in [-0.25, -0.2) is 0 Å². The molecule has 0 atom stereocenters. The summed E-state index contributed by atoms with van der Waals surface area (Å²) < 4.78 is 0.628. The summed E-state index contributed by atoms with van der Waals surface area (Å²) >= 11 is 3.19. The first-order chi connectivity index (χ1) is 5.65. The van der Waals surface area contributed by atoms with E-state index < -0.39 is 0 Å². The quantitative estimate of drug-likeness (QED) is 0.509. The van der Waals surface area contributed by atoms with Gasteiger partial charge >= 0.3 is 0 Å². The topological polar surface area (TPSA) is 82.1 Å². The fourth-order valence-corrected chi connectivity index (χ4v) is 1.33. The number of nitrogens with two attached hydrogens (primary N) is 1. The molecule has 5 N–H and O–H groups in total. The van der Waals surface area contributed by atoms with Crippen molar-refractivity contribution < 1.29 is 5.11 Å². The van der Waals surface area contributed by atoms with Gasteiger partial charge in [0, 0.05) is 16.9 Å². The van der Waals surface area contributed by atoms with E-state index in [0.717, 1.165) is 6.21 Å². The van der Waals surface area contributed by atoms with Crippen molar-refractivity contribution in [2.24, 2.45) is 5.73 Å². The van der Waals surface area contributed by atoms with Crippen LogP contribution in [0.15, 0.2) is 33.9 Å². The van der Waals surface area contributed by atoms with Crippen LogP contribution in [0.4, 0.5) is 0 Å². The zero-order valence-corrected chi connectivity index (χ0v) is 7.72. The van der Waals surface area contributed by atoms with E-state index in [2.05, 4.69) is 21.2 Å². The summed E-state index contributed by atoms with van der Waals surface area (Å²) in [4.78, 5) is 0. The summed E-state index contributed by atoms with van der Waals surface area (Å²) in [7, 11) is 0. The van der Waals surface area contributed by atoms with Gasteiger partial charge in [0.25, 0.3) is 0 Å². The smallest absolute Gasteiger partial charge is 0.132 e. The van der Waals surface area contributed by atoms with Crippen molar-refractivity contribution in [2.45, 2.75) is 0 Å². The predicted octanol–water partition coefficient (Wildman–Crippen LogP) is 1.09. The van der Waals surface area contributed by atoms with Crippen molar-refractivity contribution >= 4 is 22.1 Å². The molecule has 0 aliphatic carbocycles. The molecule has 12 heavy (non-hydrogen) atoms. The van der Waals surface area contributed by atoms with E-state index >= 15 is 0 Å². The molecular formula is C7H8BrN3O. The van der Waals surface area contributed by atoms with E-state index in [0.29, 0.717) is 15.9 Å². The Morgan fingerprint density at radius 3 is 2.92 bits per heavy atom. The van der Waals surface area contributed by atoms with Gasteiger partial charge in [-0.05, 0) is 22.0 Å². The third-order valence-corrected chi connectivity index (χ3v) is 1.95. The Morgan fingerprint density at radius 1 is 1.75 bits per heavy atom. The van der Waals surface area contributed by atoms with Crippen LogP contribution in [-0.2, 0) is 0 Å². The molecule has 1 aliphatic heterocycles. The molecule has 0 amide bonds. The van der Waals surface area contributed by atoms with Crippen LogP contribution in [-0.4, -0.2) is 11.3 Å². The van der Waals surface area contributed by atoms with Crippen LogP contribution in [0.5, 0.6) is 0 Å². The number of dihydropyridines is 1. The Hall–Kier alpha value is -1.23. The Balaban J connectivity index is 3.03. The van der Waals surface area contributed by atoms with E-state index in [-0.39, 0.29) is 5.76 Å². The second kappa shape index (κ2) is 3.44. The molecule has 0 spiro atoms. The van der Waals surface area contributed by atoms with E-state index in [1.165, 1.54) is 12.3 Å². The summed E-state index contributed by atoms with van der Waals surface area (Å²) in [6, 6.07) is 0. The van der Waals surface area contributed by atoms with Crippen molar-refractivity contribution in [3.63, 3.8) is 0 Å². The average molecular weight is 230 g/mol. The molecule has 0 radical (unpaired) electrons. The first kappa shape index (κ1) is 8.86. The van der Waals surface area contributed by atoms with Crippen molar-refractivity contribution in [1.82, 2.24) is 5.32 Å². The normalized spacial score (nSPS) is 20.4. The highest BCUT2D eigenvalue weighted by Crippen LogP contribution is 2.20. The van der Waals surface area contributed by atoms with Crippen LogP contribution in [0.2, 0.25) is 0 Å². The number of hydrogen-bond acceptors (Lipinski definition) is 4. The molecule has 1 aliphatic rings. The minimum atomic E-state index is 0.114. The van der Waals surface area contributed by atoms with E-state index in [1.54, 1.807) is 0 Å². The third kappa shape index (κ3) is 1.68. The standard InChI is InChI=1S/C7H8BrN3O/c8-5-1-4(12)3-11-7(5)6(10)2-9/h1-3,9,11-12H,10H2/b7-6+,9-2?. The molecule has 0 fully saturated rings. The largest absolute Gasteiger partial charge is 0.506 e. The van der Waals surface area contributed by atoms with Crippen molar-refractivity contribution in [3.05, 3.63) is 33.9 Å². The van der Waals surface area contributed by atoms with Gasteiger partial charge in [0.05, 0.1) is 11.4 Å². The number of aliphatic hydroxyl groups excluding tert-OH is 1. The average Bonchev–Trinajstić information content (AvgIpc) is 2.03. The van der Waals surface area contributed by atoms with Gasteiger partial charge in [0.15, 0.2) is 0 Å². The maximum atomic E-state index is 9.02. The van der Waals surface area contributed by atoms with Crippen molar-refractivity contribution in [1.29, 1.82) is 5.41 Å². The van der Waals surface area contributed by atoms with Gasteiger partial charge in [0.1, 0.15) is 5.76 Å². The Bertz CT molecular complexity index is 304. The zero-order valence-electron chi connectivity index (χ0n) is 6.13. The molecule has 0 saturated carbocycles. The fraction of sp³-hybridized carbons (Fsp3) is 0. The number of halogens is 1. The highest BCUT2D eigenvalue weighted by atomic mass is 79.9. The third-order valence-electron chi connectivity index (χ3n) is 1.32. The first-order valence-corrected chi connectivity index (χ1v) is 3.98. The molecule has 4 nitrogen and oxygen atoms in total. The van der Waals surface area contributed by atoms with Crippen LogP contribution < -0.4 is 11.1 Å². The minimum Gasteiger partial charge on any atom is -0.506 e. The van der Waals surface area contributed by atoms with Gasteiger partial charge < -0.3 is 21.6 Å². The van der Waals surface area contributed by atoms with Crippen LogP contribution in [0.1, 0.15) is 0 Å². The van der Waals surface area contributed by atoms with Crippen LogP contribution in [0.25, 0.3) is 0 Å². The summed E-state index contributed by atoms with van der Waals surface area (Å²) in [6.45, 7) is 0. The Morgan fingerprint density at radius 2 is 2.42 bits per heavy atom. The summed E-state index contributed by atoms with van der Waals surface area (Å²) in [5.74, 6) is 0.114. The summed E-state index contributed by atoms with van der Waals surface area (Å²) in [6.07, 6.45) is 3.94. The maximum absolute atomic E-state index is 9.02. The molecule has 0 unspecified atom stereocenters. The number of hydrogen-bond donors (Lipinski definition) is 4. The lowest BCUT2D eigenvalue weighted by Gasteiger charge is -2.12. The van der Waals surface area contributed by atoms with E-state index in [9.17, 15) is 0 Å². The first-order valence-electron chi connectivity index (χ1n) is 3.18. The Labute approximate surface area is 78.1 Å². The van der Waals surface area contributed by atoms with E-state index in [1.807, 2.05) is 0 Å². The molecule has 0 aromatic carbocycles. The molecule has 0 aromatic rings. The molecular weight excluding hydrogens is 222 g/mol. The molecule has 5 heteroatoms. The van der Waals surface area contributed by atoms with Gasteiger partial charge in [-0.2, -0.15) is 0 Å². The lowest BCUT2D eigenvalue weighted by molar-refractivity contribution is 0.426. The summed E-state index contributed by atoms with van der Waals surface area (Å²) in [5.41, 5.74) is 6.37. The summed E-state index contributed by atoms with van der Waals surface area (Å²) in [5, 5.41) is 18.7. The predicted molar refractivity (Wildman–Crippen MR) is 50.9 cm³/mol. The number of rotatable bonds is 1. The zero-order chi connectivity index (χ0) is 9.14. The lowest BCUT2D eigenvalue weighted by atomic mass is 10.2. The molecule has 1 heterocycles. The number of allylic oxidation sites excluding steroid dienone is 3. The van der Waals surface area contributed by atoms with Crippen molar-refractivity contribution in [2.75, 3.05) is 0 Å². The van der Waals surface area contributed by atoms with Crippen LogP contribution in [0.3, 0.4) is 0 Å². The van der Waals surface area contributed by atoms with Gasteiger partial charge in [-0.15, -0.1) is 0 Å². The van der Waals surface area contributed by atoms with Gasteiger partial charge in [-0.1, -0.05) is 0 Å². The lowest BCUT2D eigenvalue weighted by Crippen LogP contribution is -2.17. The number of nitrogens with one attached hydrogen (secondary N) is 2. The van der Waals surface area contributed by atoms with Gasteiger partial charge in [0.2, 0.25) is 0 Å². The number of aliphatic hydroxyl groups is 1. The van der Waals surface area contributed by atoms with Crippen molar-refractivity contribution in [3.8, 4) is 0 Å². The molecule has 64 valence electrons. The SMILES string of the molecule is N=C/C(N)=C1\NC=C(O)C=C1Br. The highest BCUT2D eigenvalue weighted by Gasteiger charge is 2.09. The molecule has 0 aromatic heterocycles. The minimum absolute atomic E-state index is 0.114. The van der Waals surface area contributed by atoms with Crippen LogP contribution >= 0.6 is 15.9 Å². The Kier molecular flexibility index (Phi) is 2.54. The monoisotopic (exact) mass is 229 g/mol. The molecule has 1 rings (SSSR count). The second-order valence-corrected chi connectivity index (χ2v) is 3.03. The highest BCUT2D eigenvalue weighted by molar-refractivity contribution is 9.12. The van der Waals surface area contributed by atoms with E-state index in [4.69, 9.17) is 16.2 Å². The molecule has 0 saturated heterocycles. The van der Waals surface area contributed by atoms with Crippen LogP contribution in [0, 0.1) is 5.41 Å². The molecule has 0 bridgehead atoms. The second-order valence-electron chi connectivity index (χ2n) is 2.18. The van der Waals surface area contributed by atoms with Gasteiger partial charge in [-0.3, -0.25) is 0 Å². The fourth-order valence-electron chi connectivity index (χ4n) is 0.752.